The van der Waals surface area contributed by atoms with Crippen molar-refractivity contribution in [3.8, 4) is 0 Å². The summed E-state index contributed by atoms with van der Waals surface area (Å²) in [6, 6.07) is 7.43. The van der Waals surface area contributed by atoms with Crippen molar-refractivity contribution >= 4 is 27.5 Å². The number of amides is 1. The van der Waals surface area contributed by atoms with Crippen LogP contribution in [0.3, 0.4) is 0 Å². The minimum absolute atomic E-state index is 0.0503. The summed E-state index contributed by atoms with van der Waals surface area (Å²) in [4.78, 5) is 15.4. The van der Waals surface area contributed by atoms with E-state index in [-0.39, 0.29) is 11.9 Å². The third kappa shape index (κ3) is 4.85. The van der Waals surface area contributed by atoms with Crippen LogP contribution in [0.1, 0.15) is 32.6 Å². The lowest BCUT2D eigenvalue weighted by atomic mass is 10.2. The van der Waals surface area contributed by atoms with Gasteiger partial charge in [0, 0.05) is 50.5 Å². The Morgan fingerprint density at radius 1 is 1.04 bits per heavy atom. The molecule has 138 valence electrons. The third-order valence-corrected chi connectivity index (χ3v) is 6.03. The normalized spacial score (nSPS) is 19.2. The summed E-state index contributed by atoms with van der Waals surface area (Å²) in [5.41, 5.74) is 1.59. The molecular formula is C17H26N4O3S. The van der Waals surface area contributed by atoms with Gasteiger partial charge in [0.2, 0.25) is 5.91 Å². The van der Waals surface area contributed by atoms with Gasteiger partial charge in [-0.2, -0.15) is 13.1 Å². The van der Waals surface area contributed by atoms with Crippen LogP contribution in [0.15, 0.2) is 24.3 Å². The van der Waals surface area contributed by atoms with Gasteiger partial charge in [0.05, 0.1) is 0 Å². The molecule has 1 aromatic rings. The number of carbonyl (C=O) groups excluding carboxylic acids is 1. The maximum absolute atomic E-state index is 12.2. The van der Waals surface area contributed by atoms with Gasteiger partial charge >= 0.3 is 0 Å². The number of nitrogens with zero attached hydrogens (tertiary/aromatic N) is 2. The Morgan fingerprint density at radius 2 is 1.64 bits per heavy atom. The van der Waals surface area contributed by atoms with Gasteiger partial charge in [0.25, 0.3) is 10.2 Å². The number of rotatable bonds is 5. The van der Waals surface area contributed by atoms with E-state index in [4.69, 9.17) is 0 Å². The summed E-state index contributed by atoms with van der Waals surface area (Å²) in [5, 5.41) is 0. The number of nitrogens with one attached hydrogen (secondary N) is 2. The number of hydrogen-bond donors (Lipinski definition) is 2. The van der Waals surface area contributed by atoms with Gasteiger partial charge in [-0.3, -0.25) is 9.52 Å². The molecule has 2 aliphatic rings. The minimum Gasteiger partial charge on any atom is -0.368 e. The molecule has 0 bridgehead atoms. The number of carbonyl (C=O) groups is 1. The van der Waals surface area contributed by atoms with Crippen LogP contribution in [0.25, 0.3) is 0 Å². The average Bonchev–Trinajstić information content (AvgIpc) is 3.07. The van der Waals surface area contributed by atoms with Crippen LogP contribution < -0.4 is 14.3 Å². The molecule has 0 aromatic heterocycles. The number of piperazine rings is 1. The zero-order valence-electron chi connectivity index (χ0n) is 14.6. The van der Waals surface area contributed by atoms with E-state index in [9.17, 15) is 13.2 Å². The lowest BCUT2D eigenvalue weighted by Crippen LogP contribution is -2.48. The summed E-state index contributed by atoms with van der Waals surface area (Å²) in [6.07, 6.45) is 3.98. The first kappa shape index (κ1) is 18.0. The molecule has 1 heterocycles. The molecule has 1 aliphatic carbocycles. The minimum atomic E-state index is -3.53. The third-order valence-electron chi connectivity index (χ3n) is 4.89. The topological polar surface area (TPSA) is 81.8 Å². The Labute approximate surface area is 149 Å². The summed E-state index contributed by atoms with van der Waals surface area (Å²) < 4.78 is 29.6. The molecule has 0 spiro atoms. The van der Waals surface area contributed by atoms with E-state index in [1.807, 2.05) is 17.0 Å². The van der Waals surface area contributed by atoms with Crippen LogP contribution in [0.2, 0.25) is 0 Å². The Bertz CT molecular complexity index is 691. The molecule has 1 saturated carbocycles. The second kappa shape index (κ2) is 7.61. The molecule has 0 atom stereocenters. The fourth-order valence-electron chi connectivity index (χ4n) is 3.47. The van der Waals surface area contributed by atoms with Gasteiger partial charge in [-0.05, 0) is 37.1 Å². The monoisotopic (exact) mass is 366 g/mol. The molecule has 3 rings (SSSR count). The predicted molar refractivity (Wildman–Crippen MR) is 98.8 cm³/mol. The van der Waals surface area contributed by atoms with E-state index in [2.05, 4.69) is 14.3 Å². The number of anilines is 2. The zero-order chi connectivity index (χ0) is 17.9. The largest absolute Gasteiger partial charge is 0.368 e. The van der Waals surface area contributed by atoms with E-state index < -0.39 is 10.2 Å². The highest BCUT2D eigenvalue weighted by Gasteiger charge is 2.22. The van der Waals surface area contributed by atoms with Gasteiger partial charge in [-0.15, -0.1) is 0 Å². The first-order valence-corrected chi connectivity index (χ1v) is 10.3. The van der Waals surface area contributed by atoms with Crippen molar-refractivity contribution in [1.82, 2.24) is 9.62 Å². The summed E-state index contributed by atoms with van der Waals surface area (Å²) in [6.45, 7) is 4.60. The van der Waals surface area contributed by atoms with Crippen molar-refractivity contribution in [2.45, 2.75) is 38.6 Å². The summed E-state index contributed by atoms with van der Waals surface area (Å²) in [7, 11) is -3.53. The van der Waals surface area contributed by atoms with Crippen LogP contribution in [0.5, 0.6) is 0 Å². The molecule has 1 aliphatic heterocycles. The fraction of sp³-hybridized carbons (Fsp3) is 0.588. The first-order valence-electron chi connectivity index (χ1n) is 8.83. The van der Waals surface area contributed by atoms with Crippen molar-refractivity contribution in [2.24, 2.45) is 0 Å². The number of hydrogen-bond acceptors (Lipinski definition) is 4. The molecule has 1 amide bonds. The maximum atomic E-state index is 12.2. The van der Waals surface area contributed by atoms with Crippen molar-refractivity contribution in [2.75, 3.05) is 35.8 Å². The lowest BCUT2D eigenvalue weighted by Gasteiger charge is -2.35. The zero-order valence-corrected chi connectivity index (χ0v) is 15.4. The van der Waals surface area contributed by atoms with Crippen LogP contribution in [0.4, 0.5) is 11.4 Å². The van der Waals surface area contributed by atoms with Crippen molar-refractivity contribution in [3.05, 3.63) is 24.3 Å². The van der Waals surface area contributed by atoms with Crippen molar-refractivity contribution in [3.63, 3.8) is 0 Å². The first-order chi connectivity index (χ1) is 11.9. The SMILES string of the molecule is CC(=O)N1CCN(c2ccc(NS(=O)(=O)NC3CCCC3)cc2)CC1. The second-order valence-corrected chi connectivity index (χ2v) is 8.19. The summed E-state index contributed by atoms with van der Waals surface area (Å²) >= 11 is 0. The molecular weight excluding hydrogens is 340 g/mol. The predicted octanol–water partition coefficient (Wildman–Crippen LogP) is 1.54. The highest BCUT2D eigenvalue weighted by molar-refractivity contribution is 7.90. The maximum Gasteiger partial charge on any atom is 0.299 e. The molecule has 0 unspecified atom stereocenters. The van der Waals surface area contributed by atoms with Gasteiger partial charge in [0.1, 0.15) is 0 Å². The molecule has 2 fully saturated rings. The van der Waals surface area contributed by atoms with Crippen LogP contribution in [0, 0.1) is 0 Å². The van der Waals surface area contributed by atoms with Crippen molar-refractivity contribution in [1.29, 1.82) is 0 Å². The molecule has 25 heavy (non-hydrogen) atoms. The quantitative estimate of drug-likeness (QED) is 0.828. The molecule has 2 N–H and O–H groups in total. The molecule has 8 heteroatoms. The average molecular weight is 366 g/mol. The van der Waals surface area contributed by atoms with Gasteiger partial charge < -0.3 is 9.80 Å². The summed E-state index contributed by atoms with van der Waals surface area (Å²) in [5.74, 6) is 0.110. The Hall–Kier alpha value is -1.80. The smallest absolute Gasteiger partial charge is 0.299 e. The molecule has 1 aromatic carbocycles. The van der Waals surface area contributed by atoms with E-state index in [0.717, 1.165) is 57.5 Å². The van der Waals surface area contributed by atoms with Gasteiger partial charge in [-0.1, -0.05) is 12.8 Å². The Kier molecular flexibility index (Phi) is 5.48. The molecule has 0 radical (unpaired) electrons. The second-order valence-electron chi connectivity index (χ2n) is 6.74. The van der Waals surface area contributed by atoms with E-state index in [1.54, 1.807) is 19.1 Å². The fourth-order valence-corrected chi connectivity index (χ4v) is 4.65. The lowest BCUT2D eigenvalue weighted by molar-refractivity contribution is -0.129. The Balaban J connectivity index is 1.56. The van der Waals surface area contributed by atoms with E-state index >= 15 is 0 Å². The highest BCUT2D eigenvalue weighted by Crippen LogP contribution is 2.21. The van der Waals surface area contributed by atoms with E-state index in [1.165, 1.54) is 0 Å². The van der Waals surface area contributed by atoms with Crippen molar-refractivity contribution < 1.29 is 13.2 Å². The van der Waals surface area contributed by atoms with E-state index in [0.29, 0.717) is 5.69 Å². The van der Waals surface area contributed by atoms with Gasteiger partial charge in [0.15, 0.2) is 0 Å². The van der Waals surface area contributed by atoms with Crippen LogP contribution >= 0.6 is 0 Å². The van der Waals surface area contributed by atoms with Crippen LogP contribution in [-0.2, 0) is 15.0 Å². The van der Waals surface area contributed by atoms with Gasteiger partial charge in [-0.25, -0.2) is 0 Å². The number of benzene rings is 1. The Morgan fingerprint density at radius 3 is 2.20 bits per heavy atom. The van der Waals surface area contributed by atoms with Crippen LogP contribution in [-0.4, -0.2) is 51.4 Å². The highest BCUT2D eigenvalue weighted by atomic mass is 32.2. The molecule has 7 nitrogen and oxygen atoms in total. The molecule has 1 saturated heterocycles. The standard InChI is InChI=1S/C17H26N4O3S/c1-14(22)20-10-12-21(13-11-20)17-8-6-16(7-9-17)19-25(23,24)18-15-4-2-3-5-15/h6-9,15,18-19H,2-5,10-13H2,1H3.